The highest BCUT2D eigenvalue weighted by molar-refractivity contribution is 6.42. The molecule has 4 nitrogen and oxygen atoms in total. The van der Waals surface area contributed by atoms with E-state index < -0.39 is 0 Å². The third kappa shape index (κ3) is 1.87. The van der Waals surface area contributed by atoms with Gasteiger partial charge in [0.25, 0.3) is 5.91 Å². The van der Waals surface area contributed by atoms with Gasteiger partial charge in [-0.15, -0.1) is 0 Å². The van der Waals surface area contributed by atoms with Gasteiger partial charge in [0, 0.05) is 22.5 Å². The first-order chi connectivity index (χ1) is 8.13. The van der Waals surface area contributed by atoms with Crippen molar-refractivity contribution in [3.05, 3.63) is 28.2 Å². The number of hydrazone groups is 1. The van der Waals surface area contributed by atoms with E-state index in [1.165, 1.54) is 0 Å². The van der Waals surface area contributed by atoms with Crippen LogP contribution in [0.15, 0.2) is 23.3 Å². The molecular weight excluding hydrogens is 261 g/mol. The van der Waals surface area contributed by atoms with Crippen molar-refractivity contribution in [2.75, 3.05) is 18.1 Å². The number of anilines is 1. The van der Waals surface area contributed by atoms with Gasteiger partial charge in [-0.2, -0.15) is 5.10 Å². The Bertz CT molecular complexity index is 509. The zero-order valence-corrected chi connectivity index (χ0v) is 10.3. The van der Waals surface area contributed by atoms with Crippen LogP contribution in [-0.2, 0) is 4.79 Å². The Balaban J connectivity index is 1.94. The highest BCUT2D eigenvalue weighted by Crippen LogP contribution is 2.29. The lowest BCUT2D eigenvalue weighted by atomic mass is 10.1. The van der Waals surface area contributed by atoms with E-state index in [1.807, 2.05) is 0 Å². The van der Waals surface area contributed by atoms with Gasteiger partial charge in [0.1, 0.15) is 5.71 Å². The summed E-state index contributed by atoms with van der Waals surface area (Å²) in [5, 5.41) is 9.97. The number of nitrogens with zero attached hydrogens (tertiary/aromatic N) is 2. The second-order valence-electron chi connectivity index (χ2n) is 4.10. The Morgan fingerprint density at radius 2 is 2.00 bits per heavy atom. The number of carbonyl (C=O) groups excluding carboxylic acids is 1. The Morgan fingerprint density at radius 3 is 2.65 bits per heavy atom. The molecule has 1 amide bonds. The first kappa shape index (κ1) is 10.9. The van der Waals surface area contributed by atoms with Gasteiger partial charge < -0.3 is 5.32 Å². The molecule has 1 saturated heterocycles. The summed E-state index contributed by atoms with van der Waals surface area (Å²) in [6.45, 7) is 1.34. The summed E-state index contributed by atoms with van der Waals surface area (Å²) in [7, 11) is 0. The maximum atomic E-state index is 11.4. The van der Waals surface area contributed by atoms with Crippen LogP contribution >= 0.6 is 23.2 Å². The van der Waals surface area contributed by atoms with Crippen LogP contribution in [0.2, 0.25) is 10.0 Å². The quantitative estimate of drug-likeness (QED) is 0.847. The lowest BCUT2D eigenvalue weighted by Gasteiger charge is -2.16. The number of carbonyl (C=O) groups is 1. The highest BCUT2D eigenvalue weighted by atomic mass is 35.5. The third-order valence-corrected chi connectivity index (χ3v) is 3.33. The van der Waals surface area contributed by atoms with Crippen LogP contribution in [0.4, 0.5) is 5.69 Å². The van der Waals surface area contributed by atoms with E-state index >= 15 is 0 Å². The van der Waals surface area contributed by atoms with E-state index in [0.29, 0.717) is 28.8 Å². The van der Waals surface area contributed by atoms with Crippen LogP contribution in [-0.4, -0.2) is 24.7 Å². The zero-order valence-electron chi connectivity index (χ0n) is 8.78. The molecule has 88 valence electrons. The Kier molecular flexibility index (Phi) is 2.49. The van der Waals surface area contributed by atoms with E-state index in [2.05, 4.69) is 10.4 Å². The average Bonchev–Trinajstić information content (AvgIpc) is 2.80. The summed E-state index contributed by atoms with van der Waals surface area (Å²) in [5.41, 5.74) is 1.42. The van der Waals surface area contributed by atoms with Gasteiger partial charge >= 0.3 is 0 Å². The smallest absolute Gasteiger partial charge is 0.267 e. The summed E-state index contributed by atoms with van der Waals surface area (Å²) in [4.78, 5) is 11.4. The molecule has 1 aromatic carbocycles. The second-order valence-corrected chi connectivity index (χ2v) is 4.97. The van der Waals surface area contributed by atoms with E-state index in [1.54, 1.807) is 23.2 Å². The number of fused-ring (bicyclic) bond motifs is 1. The highest BCUT2D eigenvalue weighted by Gasteiger charge is 2.37. The number of hydrogen-bond acceptors (Lipinski definition) is 3. The normalized spacial score (nSPS) is 22.5. The van der Waals surface area contributed by atoms with Crippen LogP contribution in [0.1, 0.15) is 0 Å². The topological polar surface area (TPSA) is 44.7 Å². The first-order valence-corrected chi connectivity index (χ1v) is 5.99. The van der Waals surface area contributed by atoms with Gasteiger partial charge in [-0.3, -0.25) is 9.80 Å². The Morgan fingerprint density at radius 1 is 1.29 bits per heavy atom. The molecule has 2 aliphatic rings. The molecule has 1 unspecified atom stereocenters. The van der Waals surface area contributed by atoms with Crippen molar-refractivity contribution in [3.63, 3.8) is 0 Å². The van der Waals surface area contributed by atoms with E-state index in [0.717, 1.165) is 5.69 Å². The first-order valence-electron chi connectivity index (χ1n) is 5.24. The van der Waals surface area contributed by atoms with Crippen molar-refractivity contribution in [3.8, 4) is 0 Å². The average molecular weight is 270 g/mol. The van der Waals surface area contributed by atoms with Crippen molar-refractivity contribution in [2.45, 2.75) is 0 Å². The number of amides is 1. The molecule has 17 heavy (non-hydrogen) atoms. The predicted octanol–water partition coefficient (Wildman–Crippen LogP) is 1.92. The molecule has 1 fully saturated rings. The van der Waals surface area contributed by atoms with Crippen LogP contribution in [0.25, 0.3) is 0 Å². The number of benzene rings is 1. The van der Waals surface area contributed by atoms with Crippen LogP contribution < -0.4 is 10.3 Å². The molecule has 6 heteroatoms. The number of nitrogens with one attached hydrogen (secondary N) is 1. The minimum absolute atomic E-state index is 0.0781. The van der Waals surface area contributed by atoms with Crippen molar-refractivity contribution in [2.24, 2.45) is 11.0 Å². The van der Waals surface area contributed by atoms with Gasteiger partial charge in [0.2, 0.25) is 0 Å². The minimum Gasteiger partial charge on any atom is -0.350 e. The SMILES string of the molecule is O=C1NCC2CN(c3cc(Cl)cc(Cl)c3)N=C12. The summed E-state index contributed by atoms with van der Waals surface area (Å²) >= 11 is 11.9. The van der Waals surface area contributed by atoms with E-state index in [-0.39, 0.29) is 11.8 Å². The molecule has 0 aliphatic carbocycles. The van der Waals surface area contributed by atoms with Crippen molar-refractivity contribution in [1.29, 1.82) is 0 Å². The fourth-order valence-electron chi connectivity index (χ4n) is 2.10. The molecule has 1 aromatic rings. The lowest BCUT2D eigenvalue weighted by Crippen LogP contribution is -2.23. The van der Waals surface area contributed by atoms with E-state index in [9.17, 15) is 4.79 Å². The second kappa shape index (κ2) is 3.89. The largest absolute Gasteiger partial charge is 0.350 e. The third-order valence-electron chi connectivity index (χ3n) is 2.90. The molecule has 0 spiro atoms. The van der Waals surface area contributed by atoms with Crippen molar-refractivity contribution >= 4 is 40.5 Å². The number of rotatable bonds is 1. The summed E-state index contributed by atoms with van der Waals surface area (Å²) in [6, 6.07) is 5.25. The zero-order chi connectivity index (χ0) is 12.0. The van der Waals surface area contributed by atoms with Gasteiger partial charge in [-0.1, -0.05) is 23.2 Å². The summed E-state index contributed by atoms with van der Waals surface area (Å²) < 4.78 is 0. The molecular formula is C11H9Cl2N3O. The molecule has 0 saturated carbocycles. The summed E-state index contributed by atoms with van der Waals surface area (Å²) in [5.74, 6) is 0.0888. The fraction of sp³-hybridized carbons (Fsp3) is 0.273. The van der Waals surface area contributed by atoms with Crippen LogP contribution in [0.5, 0.6) is 0 Å². The van der Waals surface area contributed by atoms with E-state index in [4.69, 9.17) is 23.2 Å². The van der Waals surface area contributed by atoms with Crippen LogP contribution in [0, 0.1) is 5.92 Å². The molecule has 1 N–H and O–H groups in total. The Hall–Kier alpha value is -1.26. The van der Waals surface area contributed by atoms with Crippen LogP contribution in [0.3, 0.4) is 0 Å². The predicted molar refractivity (Wildman–Crippen MR) is 67.7 cm³/mol. The molecule has 0 aromatic heterocycles. The maximum Gasteiger partial charge on any atom is 0.267 e. The standard InChI is InChI=1S/C11H9Cl2N3O/c12-7-1-8(13)3-9(2-7)16-5-6-4-14-11(17)10(6)15-16/h1-3,6H,4-5H2,(H,14,17). The monoisotopic (exact) mass is 269 g/mol. The van der Waals surface area contributed by atoms with Crippen molar-refractivity contribution in [1.82, 2.24) is 5.32 Å². The molecule has 1 atom stereocenters. The van der Waals surface area contributed by atoms with Gasteiger partial charge in [0.15, 0.2) is 0 Å². The summed E-state index contributed by atoms with van der Waals surface area (Å²) in [6.07, 6.45) is 0. The lowest BCUT2D eigenvalue weighted by molar-refractivity contribution is -0.113. The molecule has 2 aliphatic heterocycles. The fourth-order valence-corrected chi connectivity index (χ4v) is 2.61. The van der Waals surface area contributed by atoms with Gasteiger partial charge in [0.05, 0.1) is 12.2 Å². The van der Waals surface area contributed by atoms with Gasteiger partial charge in [-0.05, 0) is 18.2 Å². The molecule has 0 bridgehead atoms. The molecule has 0 radical (unpaired) electrons. The number of halogens is 2. The Labute approximate surface area is 108 Å². The maximum absolute atomic E-state index is 11.4. The number of hydrogen-bond donors (Lipinski definition) is 1. The molecule has 2 heterocycles. The molecule has 3 rings (SSSR count). The minimum atomic E-state index is -0.0781. The van der Waals surface area contributed by atoms with Gasteiger partial charge in [-0.25, -0.2) is 0 Å². The van der Waals surface area contributed by atoms with Crippen molar-refractivity contribution < 1.29 is 4.79 Å².